The number of methoxy groups -OCH3 is 2. The van der Waals surface area contributed by atoms with Crippen LogP contribution in [-0.2, 0) is 5.75 Å². The first-order chi connectivity index (χ1) is 18.5. The van der Waals surface area contributed by atoms with Crippen molar-refractivity contribution in [1.82, 2.24) is 14.5 Å². The number of benzene rings is 3. The van der Waals surface area contributed by atoms with E-state index < -0.39 is 0 Å². The Labute approximate surface area is 224 Å². The second kappa shape index (κ2) is 11.0. The van der Waals surface area contributed by atoms with E-state index in [9.17, 15) is 4.79 Å². The van der Waals surface area contributed by atoms with Gasteiger partial charge in [-0.3, -0.25) is 9.36 Å². The summed E-state index contributed by atoms with van der Waals surface area (Å²) in [7, 11) is 3.15. The second-order valence-corrected chi connectivity index (χ2v) is 9.33. The topological polar surface area (TPSA) is 88.6 Å². The summed E-state index contributed by atoms with van der Waals surface area (Å²) in [5.41, 5.74) is 2.67. The lowest BCUT2D eigenvalue weighted by Crippen LogP contribution is -2.22. The number of hydrogen-bond acceptors (Lipinski definition) is 8. The van der Waals surface area contributed by atoms with Crippen molar-refractivity contribution in [3.63, 3.8) is 0 Å². The molecule has 38 heavy (non-hydrogen) atoms. The highest BCUT2D eigenvalue weighted by Crippen LogP contribution is 2.31. The Morgan fingerprint density at radius 1 is 0.921 bits per heavy atom. The molecule has 9 heteroatoms. The molecule has 3 aromatic carbocycles. The van der Waals surface area contributed by atoms with E-state index in [1.165, 1.54) is 11.8 Å². The largest absolute Gasteiger partial charge is 0.497 e. The van der Waals surface area contributed by atoms with Gasteiger partial charge in [0.2, 0.25) is 5.89 Å². The quantitative estimate of drug-likeness (QED) is 0.168. The molecule has 5 aromatic rings. The molecule has 8 nitrogen and oxygen atoms in total. The summed E-state index contributed by atoms with van der Waals surface area (Å²) in [5.74, 6) is 3.63. The summed E-state index contributed by atoms with van der Waals surface area (Å²) in [6.07, 6.45) is 0. The van der Waals surface area contributed by atoms with Crippen molar-refractivity contribution in [3.05, 3.63) is 88.5 Å². The molecule has 0 aliphatic carbocycles. The van der Waals surface area contributed by atoms with E-state index in [4.69, 9.17) is 28.6 Å². The predicted octanol–water partition coefficient (Wildman–Crippen LogP) is 6.06. The van der Waals surface area contributed by atoms with Gasteiger partial charge in [0.15, 0.2) is 5.16 Å². The number of ether oxygens (including phenoxy) is 3. The Hall–Kier alpha value is -4.24. The molecule has 0 saturated heterocycles. The monoisotopic (exact) mass is 529 g/mol. The third-order valence-electron chi connectivity index (χ3n) is 5.98. The van der Waals surface area contributed by atoms with Crippen molar-refractivity contribution in [2.45, 2.75) is 24.8 Å². The Kier molecular flexibility index (Phi) is 7.37. The van der Waals surface area contributed by atoms with Crippen LogP contribution in [-0.4, -0.2) is 35.4 Å². The molecule has 0 spiro atoms. The van der Waals surface area contributed by atoms with Crippen LogP contribution in [0.25, 0.3) is 28.0 Å². The SMILES string of the molecule is CCOc1ccc(-c2nc(CSc3nc4ccccc4c(=O)n3-c3cc(OC)cc(OC)c3)c(C)o2)cc1. The number of nitrogens with zero attached hydrogens (tertiary/aromatic N) is 3. The number of aryl methyl sites for hydroxylation is 1. The maximum atomic E-state index is 13.7. The summed E-state index contributed by atoms with van der Waals surface area (Å²) in [6.45, 7) is 4.44. The number of aromatic nitrogens is 3. The highest BCUT2D eigenvalue weighted by Gasteiger charge is 2.18. The van der Waals surface area contributed by atoms with Gasteiger partial charge in [-0.05, 0) is 50.2 Å². The maximum Gasteiger partial charge on any atom is 0.266 e. The normalized spacial score (nSPS) is 11.1. The van der Waals surface area contributed by atoms with Gasteiger partial charge in [-0.1, -0.05) is 23.9 Å². The molecule has 0 aliphatic rings. The number of para-hydroxylation sites is 1. The molecule has 0 fully saturated rings. The standard InChI is InChI=1S/C29H27N3O5S/c1-5-36-21-12-10-19(11-13-21)27-30-26(18(2)37-27)17-38-29-31-25-9-7-6-8-24(25)28(33)32(29)20-14-22(34-3)16-23(15-20)35-4/h6-16H,5,17H2,1-4H3. The van der Waals surface area contributed by atoms with Gasteiger partial charge in [-0.15, -0.1) is 0 Å². The van der Waals surface area contributed by atoms with Gasteiger partial charge in [0.1, 0.15) is 23.0 Å². The summed E-state index contributed by atoms with van der Waals surface area (Å²) in [5, 5.41) is 1.04. The molecule has 0 radical (unpaired) electrons. The van der Waals surface area contributed by atoms with Crippen LogP contribution in [0.15, 0.2) is 81.1 Å². The van der Waals surface area contributed by atoms with E-state index in [0.29, 0.717) is 57.3 Å². The molecule has 0 N–H and O–H groups in total. The van der Waals surface area contributed by atoms with Crippen LogP contribution < -0.4 is 19.8 Å². The molecule has 0 aliphatic heterocycles. The molecule has 0 unspecified atom stereocenters. The lowest BCUT2D eigenvalue weighted by Gasteiger charge is -2.15. The number of rotatable bonds is 9. The average Bonchev–Trinajstić information content (AvgIpc) is 3.32. The molecule has 0 saturated carbocycles. The van der Waals surface area contributed by atoms with Gasteiger partial charge in [0.25, 0.3) is 5.56 Å². The maximum absolute atomic E-state index is 13.7. The fraction of sp³-hybridized carbons (Fsp3) is 0.207. The van der Waals surface area contributed by atoms with Gasteiger partial charge in [-0.2, -0.15) is 0 Å². The van der Waals surface area contributed by atoms with Crippen LogP contribution in [0.2, 0.25) is 0 Å². The zero-order chi connectivity index (χ0) is 26.6. The van der Waals surface area contributed by atoms with Gasteiger partial charge < -0.3 is 18.6 Å². The molecular weight excluding hydrogens is 502 g/mol. The Balaban J connectivity index is 1.52. The van der Waals surface area contributed by atoms with E-state index in [1.54, 1.807) is 43.1 Å². The van der Waals surface area contributed by atoms with Crippen LogP contribution in [0.4, 0.5) is 0 Å². The molecule has 5 rings (SSSR count). The van der Waals surface area contributed by atoms with E-state index in [2.05, 4.69) is 0 Å². The smallest absolute Gasteiger partial charge is 0.266 e. The summed E-state index contributed by atoms with van der Waals surface area (Å²) in [6, 6.07) is 20.3. The second-order valence-electron chi connectivity index (χ2n) is 8.39. The van der Waals surface area contributed by atoms with E-state index in [-0.39, 0.29) is 5.56 Å². The first kappa shape index (κ1) is 25.4. The number of thioether (sulfide) groups is 1. The van der Waals surface area contributed by atoms with Crippen molar-refractivity contribution < 1.29 is 18.6 Å². The molecule has 0 atom stereocenters. The summed E-state index contributed by atoms with van der Waals surface area (Å²) >= 11 is 1.41. The number of hydrogen-bond donors (Lipinski definition) is 0. The predicted molar refractivity (Wildman–Crippen MR) is 148 cm³/mol. The van der Waals surface area contributed by atoms with Gasteiger partial charge >= 0.3 is 0 Å². The summed E-state index contributed by atoms with van der Waals surface area (Å²) < 4.78 is 24.0. The number of fused-ring (bicyclic) bond motifs is 1. The van der Waals surface area contributed by atoms with Crippen molar-refractivity contribution >= 4 is 22.7 Å². The first-order valence-corrected chi connectivity index (χ1v) is 13.1. The Morgan fingerprint density at radius 2 is 1.63 bits per heavy atom. The zero-order valence-corrected chi connectivity index (χ0v) is 22.4. The molecule has 0 bridgehead atoms. The van der Waals surface area contributed by atoms with Gasteiger partial charge in [0, 0.05) is 29.5 Å². The third kappa shape index (κ3) is 5.10. The minimum Gasteiger partial charge on any atom is -0.497 e. The number of oxazole rings is 1. The van der Waals surface area contributed by atoms with Crippen LogP contribution in [0.5, 0.6) is 17.2 Å². The molecule has 194 valence electrons. The van der Waals surface area contributed by atoms with Crippen molar-refractivity contribution in [3.8, 4) is 34.4 Å². The molecule has 2 heterocycles. The third-order valence-corrected chi connectivity index (χ3v) is 6.93. The van der Waals surface area contributed by atoms with Crippen LogP contribution in [0.3, 0.4) is 0 Å². The Morgan fingerprint density at radius 3 is 2.32 bits per heavy atom. The fourth-order valence-corrected chi connectivity index (χ4v) is 5.05. The Bertz CT molecular complexity index is 1620. The van der Waals surface area contributed by atoms with E-state index in [1.807, 2.05) is 56.3 Å². The van der Waals surface area contributed by atoms with E-state index >= 15 is 0 Å². The van der Waals surface area contributed by atoms with Crippen LogP contribution >= 0.6 is 11.8 Å². The van der Waals surface area contributed by atoms with Gasteiger partial charge in [-0.25, -0.2) is 9.97 Å². The van der Waals surface area contributed by atoms with Gasteiger partial charge in [0.05, 0.1) is 43.1 Å². The fourth-order valence-electron chi connectivity index (χ4n) is 4.04. The minimum atomic E-state index is -0.180. The van der Waals surface area contributed by atoms with Crippen molar-refractivity contribution in [2.75, 3.05) is 20.8 Å². The summed E-state index contributed by atoms with van der Waals surface area (Å²) in [4.78, 5) is 23.2. The van der Waals surface area contributed by atoms with Crippen LogP contribution in [0, 0.1) is 6.92 Å². The van der Waals surface area contributed by atoms with Crippen molar-refractivity contribution in [1.29, 1.82) is 0 Å². The highest BCUT2D eigenvalue weighted by atomic mass is 32.2. The molecule has 0 amide bonds. The van der Waals surface area contributed by atoms with E-state index in [0.717, 1.165) is 17.0 Å². The lowest BCUT2D eigenvalue weighted by molar-refractivity contribution is 0.340. The average molecular weight is 530 g/mol. The van der Waals surface area contributed by atoms with Crippen molar-refractivity contribution in [2.24, 2.45) is 0 Å². The lowest BCUT2D eigenvalue weighted by atomic mass is 10.2. The van der Waals surface area contributed by atoms with Crippen LogP contribution in [0.1, 0.15) is 18.4 Å². The first-order valence-electron chi connectivity index (χ1n) is 12.1. The zero-order valence-electron chi connectivity index (χ0n) is 21.6. The molecule has 2 aromatic heterocycles. The molecular formula is C29H27N3O5S. The minimum absolute atomic E-state index is 0.180. The highest BCUT2D eigenvalue weighted by molar-refractivity contribution is 7.98.